The molecule has 0 fully saturated rings. The van der Waals surface area contributed by atoms with Crippen LogP contribution >= 0.6 is 46.9 Å². The number of aliphatic hydroxyl groups is 3. The molecule has 0 radical (unpaired) electrons. The van der Waals surface area contributed by atoms with Gasteiger partial charge in [-0.15, -0.1) is 0 Å². The van der Waals surface area contributed by atoms with E-state index in [-0.39, 0.29) is 0 Å². The number of hydrogen-bond acceptors (Lipinski definition) is 6. The van der Waals surface area contributed by atoms with Gasteiger partial charge in [0.05, 0.1) is 30.3 Å². The van der Waals surface area contributed by atoms with E-state index >= 15 is 0 Å². The van der Waals surface area contributed by atoms with Gasteiger partial charge in [-0.1, -0.05) is 23.2 Å². The number of aliphatic carboxylic acids is 1. The van der Waals surface area contributed by atoms with E-state index in [0.717, 1.165) is 0 Å². The first kappa shape index (κ1) is 17.4. The minimum Gasteiger partial charge on any atom is -0.478 e. The third kappa shape index (κ3) is 3.06. The Kier molecular flexibility index (Phi) is 6.72. The van der Waals surface area contributed by atoms with E-state index in [9.17, 15) is 9.90 Å². The molecule has 0 saturated heterocycles. The summed E-state index contributed by atoms with van der Waals surface area (Å²) < 4.78 is 7.95. The van der Waals surface area contributed by atoms with Gasteiger partial charge in [-0.2, -0.15) is 0 Å². The van der Waals surface area contributed by atoms with E-state index in [2.05, 4.69) is 8.58 Å². The van der Waals surface area contributed by atoms with Crippen LogP contribution in [0.3, 0.4) is 0 Å². The molecule has 102 valence electrons. The van der Waals surface area contributed by atoms with Gasteiger partial charge in [-0.05, 0) is 0 Å². The lowest BCUT2D eigenvalue weighted by molar-refractivity contribution is -0.171. The van der Waals surface area contributed by atoms with Crippen molar-refractivity contribution < 1.29 is 33.8 Å². The minimum absolute atomic E-state index is 0.968. The lowest BCUT2D eigenvalue weighted by Crippen LogP contribution is -2.62. The Labute approximate surface area is 116 Å². The zero-order valence-corrected chi connectivity index (χ0v) is 10.9. The second-order valence-electron chi connectivity index (χ2n) is 2.89. The fourth-order valence-corrected chi connectivity index (χ4v) is 1.74. The predicted molar refractivity (Wildman–Crippen MR) is 57.8 cm³/mol. The third-order valence-corrected chi connectivity index (χ3v) is 3.68. The van der Waals surface area contributed by atoms with Crippen LogP contribution in [0, 0.1) is 0 Å². The second kappa shape index (κ2) is 6.55. The number of carboxylic acid groups (broad SMARTS) is 1. The molecule has 0 saturated carbocycles. The maximum atomic E-state index is 10.9. The number of rotatable bonds is 7. The first-order valence-electron chi connectivity index (χ1n) is 3.89. The lowest BCUT2D eigenvalue weighted by atomic mass is 10.0. The van der Waals surface area contributed by atoms with Crippen molar-refractivity contribution in [2.75, 3.05) is 6.61 Å². The van der Waals surface area contributed by atoms with Crippen LogP contribution in [0.1, 0.15) is 0 Å². The molecule has 0 amide bonds. The molecular weight excluding hydrogens is 326 g/mol. The van der Waals surface area contributed by atoms with Crippen LogP contribution in [0.2, 0.25) is 0 Å². The highest BCUT2D eigenvalue weighted by atomic mass is 35.5. The average molecular weight is 334 g/mol. The normalized spacial score (nSPS) is 22.3. The second-order valence-corrected chi connectivity index (χ2v) is 4.30. The topological polar surface area (TPSA) is 116 Å². The molecule has 4 unspecified atom stereocenters. The molecule has 0 aromatic heterocycles. The molecule has 0 aromatic carbocycles. The molecule has 11 heteroatoms. The number of alkyl halides is 2. The molecule has 17 heavy (non-hydrogen) atoms. The van der Waals surface area contributed by atoms with Crippen LogP contribution in [0.25, 0.3) is 0 Å². The molecule has 0 bridgehead atoms. The first-order valence-corrected chi connectivity index (χ1v) is 5.26. The molecule has 0 spiro atoms. The van der Waals surface area contributed by atoms with Crippen molar-refractivity contribution in [2.45, 2.75) is 22.3 Å². The molecule has 4 atom stereocenters. The van der Waals surface area contributed by atoms with Crippen molar-refractivity contribution >= 4 is 52.9 Å². The van der Waals surface area contributed by atoms with Crippen molar-refractivity contribution in [3.8, 4) is 0 Å². The quantitative estimate of drug-likeness (QED) is 0.484. The Bertz CT molecular complexity index is 279. The van der Waals surface area contributed by atoms with Crippen molar-refractivity contribution in [3.05, 3.63) is 0 Å². The maximum absolute atomic E-state index is 10.9. The van der Waals surface area contributed by atoms with Crippen molar-refractivity contribution in [3.63, 3.8) is 0 Å². The summed E-state index contributed by atoms with van der Waals surface area (Å²) in [7, 11) is 0. The number of carboxylic acids is 1. The number of carbonyl (C=O) groups is 1. The average Bonchev–Trinajstić information content (AvgIpc) is 2.34. The summed E-state index contributed by atoms with van der Waals surface area (Å²) in [4.78, 5) is 10.9. The van der Waals surface area contributed by atoms with Gasteiger partial charge < -0.3 is 20.4 Å². The van der Waals surface area contributed by atoms with Gasteiger partial charge in [0, 0.05) is 0 Å². The highest BCUT2D eigenvalue weighted by molar-refractivity contribution is 6.42. The Morgan fingerprint density at radius 3 is 1.94 bits per heavy atom. The van der Waals surface area contributed by atoms with Crippen molar-refractivity contribution in [1.82, 2.24) is 0 Å². The van der Waals surface area contributed by atoms with Crippen LogP contribution in [-0.4, -0.2) is 55.3 Å². The van der Waals surface area contributed by atoms with Crippen LogP contribution < -0.4 is 0 Å². The molecule has 0 aliphatic heterocycles. The van der Waals surface area contributed by atoms with Crippen LogP contribution in [0.5, 0.6) is 0 Å². The number of aliphatic hydroxyl groups excluding tert-OH is 3. The molecule has 7 nitrogen and oxygen atoms in total. The zero-order valence-electron chi connectivity index (χ0n) is 7.89. The number of halogens is 4. The zero-order chi connectivity index (χ0) is 13.9. The van der Waals surface area contributed by atoms with E-state index in [0.29, 0.717) is 0 Å². The van der Waals surface area contributed by atoms with E-state index in [4.69, 9.17) is 62.3 Å². The van der Waals surface area contributed by atoms with Gasteiger partial charge in [-0.25, -0.2) is 13.4 Å². The molecule has 0 aliphatic rings. The number of hydrogen-bond donors (Lipinski definition) is 4. The summed E-state index contributed by atoms with van der Waals surface area (Å²) in [5, 5.41) is 30.2. The fourth-order valence-electron chi connectivity index (χ4n) is 0.864. The van der Waals surface area contributed by atoms with Gasteiger partial charge >= 0.3 is 11.0 Å². The van der Waals surface area contributed by atoms with Crippen LogP contribution in [0.15, 0.2) is 0 Å². The standard InChI is InChI=1S/C6H8Cl4O7/c7-5(16-9,3(13)2(12)1-11)6(8,17-10)4(14)15/h2-3,11-13H,1H2,(H,14,15). The summed E-state index contributed by atoms with van der Waals surface area (Å²) in [6, 6.07) is 0. The van der Waals surface area contributed by atoms with E-state index in [1.807, 2.05) is 0 Å². The molecule has 0 rings (SSSR count). The van der Waals surface area contributed by atoms with Crippen LogP contribution in [0.4, 0.5) is 0 Å². The van der Waals surface area contributed by atoms with E-state index in [1.165, 1.54) is 0 Å². The first-order chi connectivity index (χ1) is 7.71. The summed E-state index contributed by atoms with van der Waals surface area (Å²) in [5.41, 5.74) is 0. The van der Waals surface area contributed by atoms with Gasteiger partial charge in [0.2, 0.25) is 5.06 Å². The van der Waals surface area contributed by atoms with Crippen molar-refractivity contribution in [2.24, 2.45) is 0 Å². The van der Waals surface area contributed by atoms with Crippen LogP contribution in [-0.2, 0) is 13.4 Å². The van der Waals surface area contributed by atoms with Gasteiger partial charge in [0.1, 0.15) is 12.2 Å². The van der Waals surface area contributed by atoms with E-state index in [1.54, 1.807) is 0 Å². The Morgan fingerprint density at radius 2 is 1.71 bits per heavy atom. The third-order valence-electron chi connectivity index (χ3n) is 1.86. The summed E-state index contributed by atoms with van der Waals surface area (Å²) in [5.74, 6) is -1.94. The molecule has 0 aromatic rings. The van der Waals surface area contributed by atoms with E-state index < -0.39 is 34.9 Å². The maximum Gasteiger partial charge on any atom is 0.358 e. The smallest absolute Gasteiger partial charge is 0.358 e. The summed E-state index contributed by atoms with van der Waals surface area (Å²) in [6.07, 6.45) is -4.10. The Morgan fingerprint density at radius 1 is 1.24 bits per heavy atom. The minimum atomic E-state index is -3.01. The molecule has 0 aliphatic carbocycles. The largest absolute Gasteiger partial charge is 0.478 e. The summed E-state index contributed by atoms with van der Waals surface area (Å²) >= 11 is 20.8. The van der Waals surface area contributed by atoms with Gasteiger partial charge in [0.25, 0.3) is 0 Å². The predicted octanol–water partition coefficient (Wildman–Crippen LogP) is -0.00390. The van der Waals surface area contributed by atoms with Crippen molar-refractivity contribution in [1.29, 1.82) is 0 Å². The molecular formula is C6H8Cl4O7. The monoisotopic (exact) mass is 332 g/mol. The fraction of sp³-hybridized carbons (Fsp3) is 0.833. The molecule has 4 N–H and O–H groups in total. The lowest BCUT2D eigenvalue weighted by Gasteiger charge is -2.38. The Balaban J connectivity index is 5.46. The van der Waals surface area contributed by atoms with Gasteiger partial charge in [-0.3, -0.25) is 0 Å². The highest BCUT2D eigenvalue weighted by Gasteiger charge is 2.64. The van der Waals surface area contributed by atoms with Gasteiger partial charge in [0.15, 0.2) is 0 Å². The Hall–Kier alpha value is 0.430. The molecule has 0 heterocycles. The summed E-state index contributed by atoms with van der Waals surface area (Å²) in [6.45, 7) is -0.968. The SMILES string of the molecule is O=C(O)C(Cl)(OCl)C(Cl)(OCl)C(O)C(O)CO. The highest BCUT2D eigenvalue weighted by Crippen LogP contribution is 2.43.